The molecule has 0 fully saturated rings. The van der Waals surface area contributed by atoms with Crippen LogP contribution in [0.15, 0.2) is 16.8 Å². The van der Waals surface area contributed by atoms with E-state index in [9.17, 15) is 9.59 Å². The van der Waals surface area contributed by atoms with Crippen LogP contribution in [0.5, 0.6) is 0 Å². The molecule has 0 aliphatic heterocycles. The van der Waals surface area contributed by atoms with Crippen LogP contribution in [-0.2, 0) is 4.79 Å². The van der Waals surface area contributed by atoms with E-state index in [-0.39, 0.29) is 18.9 Å². The van der Waals surface area contributed by atoms with Crippen molar-refractivity contribution in [3.8, 4) is 0 Å². The molecule has 106 valence electrons. The lowest BCUT2D eigenvalue weighted by molar-refractivity contribution is -0.137. The Bertz CT molecular complexity index is 650. The summed E-state index contributed by atoms with van der Waals surface area (Å²) in [6, 6.07) is 1.67. The maximum atomic E-state index is 12.3. The van der Waals surface area contributed by atoms with E-state index in [1.54, 1.807) is 19.9 Å². The van der Waals surface area contributed by atoms with Crippen molar-refractivity contribution in [1.82, 2.24) is 15.0 Å². The average Bonchev–Trinajstić information content (AvgIpc) is 2.80. The molecular weight excluding hydrogens is 262 g/mol. The first kappa shape index (κ1) is 14.0. The van der Waals surface area contributed by atoms with Crippen molar-refractivity contribution in [2.75, 3.05) is 13.1 Å². The SMILES string of the molecule is CCN(CCC(=O)O)C(=O)c1cnc2onc(C)c2c1. The molecule has 1 amide bonds. The molecule has 0 radical (unpaired) electrons. The summed E-state index contributed by atoms with van der Waals surface area (Å²) in [6.45, 7) is 4.18. The Morgan fingerprint density at radius 2 is 2.20 bits per heavy atom. The largest absolute Gasteiger partial charge is 0.481 e. The second-order valence-corrected chi connectivity index (χ2v) is 4.37. The third-order valence-electron chi connectivity index (χ3n) is 3.02. The van der Waals surface area contributed by atoms with E-state index in [1.807, 2.05) is 0 Å². The molecule has 20 heavy (non-hydrogen) atoms. The highest BCUT2D eigenvalue weighted by molar-refractivity contribution is 5.97. The minimum atomic E-state index is -0.931. The summed E-state index contributed by atoms with van der Waals surface area (Å²) in [7, 11) is 0. The molecule has 0 unspecified atom stereocenters. The summed E-state index contributed by atoms with van der Waals surface area (Å²) in [5, 5.41) is 13.2. The molecule has 1 N–H and O–H groups in total. The summed E-state index contributed by atoms with van der Waals surface area (Å²) in [4.78, 5) is 28.4. The van der Waals surface area contributed by atoms with Gasteiger partial charge in [0, 0.05) is 19.3 Å². The highest BCUT2D eigenvalue weighted by Gasteiger charge is 2.17. The topological polar surface area (TPSA) is 96.5 Å². The Morgan fingerprint density at radius 1 is 1.45 bits per heavy atom. The Morgan fingerprint density at radius 3 is 2.85 bits per heavy atom. The van der Waals surface area contributed by atoms with Gasteiger partial charge < -0.3 is 14.5 Å². The average molecular weight is 277 g/mol. The van der Waals surface area contributed by atoms with Crippen LogP contribution in [0.1, 0.15) is 29.4 Å². The van der Waals surface area contributed by atoms with Crippen molar-refractivity contribution >= 4 is 23.0 Å². The number of rotatable bonds is 5. The van der Waals surface area contributed by atoms with Crippen LogP contribution in [0.25, 0.3) is 11.1 Å². The molecule has 2 heterocycles. The van der Waals surface area contributed by atoms with E-state index in [0.29, 0.717) is 28.9 Å². The number of carboxylic acid groups (broad SMARTS) is 1. The molecule has 0 bridgehead atoms. The molecule has 7 nitrogen and oxygen atoms in total. The number of carbonyl (C=O) groups is 2. The van der Waals surface area contributed by atoms with Crippen molar-refractivity contribution < 1.29 is 19.2 Å². The molecule has 0 saturated heterocycles. The number of aromatic nitrogens is 2. The molecule has 0 aliphatic rings. The molecule has 0 atom stereocenters. The van der Waals surface area contributed by atoms with Crippen LogP contribution in [0, 0.1) is 6.92 Å². The van der Waals surface area contributed by atoms with E-state index in [1.165, 1.54) is 11.1 Å². The number of aryl methyl sites for hydroxylation is 1. The fraction of sp³-hybridized carbons (Fsp3) is 0.385. The van der Waals surface area contributed by atoms with Crippen LogP contribution in [0.4, 0.5) is 0 Å². The summed E-state index contributed by atoms with van der Waals surface area (Å²) in [5.74, 6) is -1.18. The van der Waals surface area contributed by atoms with Crippen molar-refractivity contribution in [2.45, 2.75) is 20.3 Å². The normalized spacial score (nSPS) is 10.7. The maximum Gasteiger partial charge on any atom is 0.305 e. The molecule has 7 heteroatoms. The van der Waals surface area contributed by atoms with Crippen molar-refractivity contribution in [1.29, 1.82) is 0 Å². The van der Waals surface area contributed by atoms with E-state index < -0.39 is 5.97 Å². The summed E-state index contributed by atoms with van der Waals surface area (Å²) >= 11 is 0. The van der Waals surface area contributed by atoms with Crippen LogP contribution >= 0.6 is 0 Å². The van der Waals surface area contributed by atoms with Gasteiger partial charge in [0.05, 0.1) is 23.1 Å². The molecule has 2 aromatic heterocycles. The number of amides is 1. The number of carboxylic acids is 1. The van der Waals surface area contributed by atoms with E-state index >= 15 is 0 Å². The van der Waals surface area contributed by atoms with Gasteiger partial charge >= 0.3 is 5.97 Å². The number of nitrogens with zero attached hydrogens (tertiary/aromatic N) is 3. The number of hydrogen-bond acceptors (Lipinski definition) is 5. The van der Waals surface area contributed by atoms with Crippen LogP contribution < -0.4 is 0 Å². The van der Waals surface area contributed by atoms with Gasteiger partial charge in [-0.2, -0.15) is 0 Å². The van der Waals surface area contributed by atoms with Gasteiger partial charge in [-0.3, -0.25) is 9.59 Å². The summed E-state index contributed by atoms with van der Waals surface area (Å²) < 4.78 is 4.99. The number of fused-ring (bicyclic) bond motifs is 1. The van der Waals surface area contributed by atoms with E-state index in [4.69, 9.17) is 9.63 Å². The molecular formula is C13H15N3O4. The van der Waals surface area contributed by atoms with Gasteiger partial charge in [0.15, 0.2) is 0 Å². The molecule has 0 saturated carbocycles. The minimum Gasteiger partial charge on any atom is -0.481 e. The molecule has 0 spiro atoms. The highest BCUT2D eigenvalue weighted by atomic mass is 16.5. The number of carbonyl (C=O) groups excluding carboxylic acids is 1. The predicted molar refractivity (Wildman–Crippen MR) is 70.4 cm³/mol. The first-order chi connectivity index (χ1) is 9.52. The van der Waals surface area contributed by atoms with Gasteiger partial charge in [0.2, 0.25) is 0 Å². The predicted octanol–water partition coefficient (Wildman–Crippen LogP) is 1.47. The molecule has 2 rings (SSSR count). The minimum absolute atomic E-state index is 0.0818. The highest BCUT2D eigenvalue weighted by Crippen LogP contribution is 2.17. The van der Waals surface area contributed by atoms with Gasteiger partial charge in [0.25, 0.3) is 11.6 Å². The lowest BCUT2D eigenvalue weighted by atomic mass is 10.2. The summed E-state index contributed by atoms with van der Waals surface area (Å²) in [6.07, 6.45) is 1.33. The zero-order valence-electron chi connectivity index (χ0n) is 11.3. The second-order valence-electron chi connectivity index (χ2n) is 4.37. The third kappa shape index (κ3) is 2.76. The van der Waals surface area contributed by atoms with Gasteiger partial charge in [-0.05, 0) is 19.9 Å². The Balaban J connectivity index is 2.24. The van der Waals surface area contributed by atoms with Crippen molar-refractivity contribution in [3.63, 3.8) is 0 Å². The number of pyridine rings is 1. The first-order valence-electron chi connectivity index (χ1n) is 6.26. The monoisotopic (exact) mass is 277 g/mol. The van der Waals surface area contributed by atoms with Gasteiger partial charge in [-0.15, -0.1) is 0 Å². The fourth-order valence-corrected chi connectivity index (χ4v) is 1.88. The lowest BCUT2D eigenvalue weighted by Crippen LogP contribution is -2.32. The zero-order chi connectivity index (χ0) is 14.7. The number of aliphatic carboxylic acids is 1. The van der Waals surface area contributed by atoms with Crippen LogP contribution in [0.2, 0.25) is 0 Å². The van der Waals surface area contributed by atoms with Crippen molar-refractivity contribution in [3.05, 3.63) is 23.5 Å². The van der Waals surface area contributed by atoms with E-state index in [0.717, 1.165) is 0 Å². The lowest BCUT2D eigenvalue weighted by Gasteiger charge is -2.19. The van der Waals surface area contributed by atoms with Crippen molar-refractivity contribution in [2.24, 2.45) is 0 Å². The summed E-state index contributed by atoms with van der Waals surface area (Å²) in [5.41, 5.74) is 1.44. The molecule has 2 aromatic rings. The standard InChI is InChI=1S/C13H15N3O4/c1-3-16(5-4-11(17)18)13(19)9-6-10-8(2)15-20-12(10)14-7-9/h6-7H,3-5H2,1-2H3,(H,17,18). The molecule has 0 aromatic carbocycles. The Kier molecular flexibility index (Phi) is 3.97. The third-order valence-corrected chi connectivity index (χ3v) is 3.02. The fourth-order valence-electron chi connectivity index (χ4n) is 1.88. The first-order valence-corrected chi connectivity index (χ1v) is 6.26. The zero-order valence-corrected chi connectivity index (χ0v) is 11.3. The number of hydrogen-bond donors (Lipinski definition) is 1. The second kappa shape index (κ2) is 5.68. The maximum absolute atomic E-state index is 12.3. The van der Waals surface area contributed by atoms with E-state index in [2.05, 4.69) is 10.1 Å². The Labute approximate surface area is 115 Å². The van der Waals surface area contributed by atoms with Crippen LogP contribution in [-0.4, -0.2) is 45.1 Å². The van der Waals surface area contributed by atoms with Crippen LogP contribution in [0.3, 0.4) is 0 Å². The smallest absolute Gasteiger partial charge is 0.305 e. The van der Waals surface area contributed by atoms with Gasteiger partial charge in [-0.25, -0.2) is 4.98 Å². The van der Waals surface area contributed by atoms with Gasteiger partial charge in [-0.1, -0.05) is 5.16 Å². The Hall–Kier alpha value is -2.44. The quantitative estimate of drug-likeness (QED) is 0.888. The molecule has 0 aliphatic carbocycles. The van der Waals surface area contributed by atoms with Gasteiger partial charge in [0.1, 0.15) is 0 Å².